The van der Waals surface area contributed by atoms with Gasteiger partial charge < -0.3 is 10.6 Å². The van der Waals surface area contributed by atoms with Crippen LogP contribution in [-0.4, -0.2) is 11.7 Å². The predicted octanol–water partition coefficient (Wildman–Crippen LogP) is 6.51. The van der Waals surface area contributed by atoms with E-state index in [1.165, 1.54) is 75.3 Å². The normalized spacial score (nSPS) is 10.6. The second-order valence-electron chi connectivity index (χ2n) is 6.88. The summed E-state index contributed by atoms with van der Waals surface area (Å²) in [5, 5.41) is 7.35. The number of anilines is 1. The van der Waals surface area contributed by atoms with Crippen molar-refractivity contribution in [2.75, 3.05) is 11.9 Å². The standard InChI is InChI=1S/C21H36N2S/c1-4-5-6-7-8-9-10-11-12-13-16-22-21(24)23-20-15-14-18(2)17-19(20)3/h14-15,17H,4-13,16H2,1-3H3,(H2,22,23,24). The Morgan fingerprint density at radius 1 is 0.875 bits per heavy atom. The highest BCUT2D eigenvalue weighted by molar-refractivity contribution is 7.80. The SMILES string of the molecule is CCCCCCCCCCCCNC(=S)Nc1ccc(C)cc1C. The minimum atomic E-state index is 0.734. The zero-order valence-electron chi connectivity index (χ0n) is 15.9. The zero-order valence-corrected chi connectivity index (χ0v) is 16.7. The van der Waals surface area contributed by atoms with E-state index < -0.39 is 0 Å². The van der Waals surface area contributed by atoms with Gasteiger partial charge in [-0.15, -0.1) is 0 Å². The highest BCUT2D eigenvalue weighted by atomic mass is 32.1. The van der Waals surface area contributed by atoms with Crippen molar-refractivity contribution in [2.45, 2.75) is 85.0 Å². The molecule has 0 aromatic heterocycles. The van der Waals surface area contributed by atoms with Gasteiger partial charge in [-0.25, -0.2) is 0 Å². The molecule has 0 atom stereocenters. The molecule has 0 fully saturated rings. The summed E-state index contributed by atoms with van der Waals surface area (Å²) in [6.07, 6.45) is 13.7. The van der Waals surface area contributed by atoms with Gasteiger partial charge in [0.15, 0.2) is 5.11 Å². The first-order valence-electron chi connectivity index (χ1n) is 9.75. The van der Waals surface area contributed by atoms with Gasteiger partial charge in [0.25, 0.3) is 0 Å². The van der Waals surface area contributed by atoms with Crippen LogP contribution in [0.2, 0.25) is 0 Å². The lowest BCUT2D eigenvalue weighted by Gasteiger charge is -2.13. The fourth-order valence-electron chi connectivity index (χ4n) is 2.93. The first-order valence-corrected chi connectivity index (χ1v) is 10.2. The average molecular weight is 349 g/mol. The van der Waals surface area contributed by atoms with Crippen LogP contribution in [-0.2, 0) is 0 Å². The molecule has 1 aromatic carbocycles. The molecule has 0 bridgehead atoms. The fraction of sp³-hybridized carbons (Fsp3) is 0.667. The van der Waals surface area contributed by atoms with Crippen molar-refractivity contribution in [2.24, 2.45) is 0 Å². The summed E-state index contributed by atoms with van der Waals surface area (Å²) in [5.41, 5.74) is 3.61. The Kier molecular flexibility index (Phi) is 11.5. The maximum Gasteiger partial charge on any atom is 0.170 e. The number of hydrogen-bond acceptors (Lipinski definition) is 1. The van der Waals surface area contributed by atoms with Crippen LogP contribution >= 0.6 is 12.2 Å². The first kappa shape index (κ1) is 21.0. The van der Waals surface area contributed by atoms with Gasteiger partial charge in [0.1, 0.15) is 0 Å². The highest BCUT2D eigenvalue weighted by Gasteiger charge is 2.01. The van der Waals surface area contributed by atoms with Gasteiger partial charge in [-0.2, -0.15) is 0 Å². The molecule has 0 heterocycles. The Morgan fingerprint density at radius 2 is 1.46 bits per heavy atom. The highest BCUT2D eigenvalue weighted by Crippen LogP contribution is 2.15. The van der Waals surface area contributed by atoms with Crippen LogP contribution in [0, 0.1) is 13.8 Å². The van der Waals surface area contributed by atoms with Crippen LogP contribution in [0.25, 0.3) is 0 Å². The maximum absolute atomic E-state index is 5.38. The molecule has 0 saturated carbocycles. The second kappa shape index (κ2) is 13.2. The second-order valence-corrected chi connectivity index (χ2v) is 7.29. The summed E-state index contributed by atoms with van der Waals surface area (Å²) in [6.45, 7) is 7.46. The lowest BCUT2D eigenvalue weighted by atomic mass is 10.1. The lowest BCUT2D eigenvalue weighted by Crippen LogP contribution is -2.29. The monoisotopic (exact) mass is 348 g/mol. The summed E-state index contributed by atoms with van der Waals surface area (Å²) in [5.74, 6) is 0. The molecular weight excluding hydrogens is 312 g/mol. The van der Waals surface area contributed by atoms with Gasteiger partial charge >= 0.3 is 0 Å². The van der Waals surface area contributed by atoms with E-state index in [0.717, 1.165) is 17.3 Å². The molecule has 0 radical (unpaired) electrons. The van der Waals surface area contributed by atoms with Crippen LogP contribution in [0.3, 0.4) is 0 Å². The van der Waals surface area contributed by atoms with Gasteiger partial charge in [0.2, 0.25) is 0 Å². The third-order valence-corrected chi connectivity index (χ3v) is 4.69. The number of unbranched alkanes of at least 4 members (excludes halogenated alkanes) is 9. The largest absolute Gasteiger partial charge is 0.362 e. The molecule has 0 saturated heterocycles. The number of rotatable bonds is 12. The Labute approximate surface area is 154 Å². The smallest absolute Gasteiger partial charge is 0.170 e. The molecule has 136 valence electrons. The molecule has 0 amide bonds. The van der Waals surface area contributed by atoms with Crippen molar-refractivity contribution in [3.8, 4) is 0 Å². The molecule has 2 N–H and O–H groups in total. The molecule has 3 heteroatoms. The van der Waals surface area contributed by atoms with Crippen molar-refractivity contribution in [3.05, 3.63) is 29.3 Å². The van der Waals surface area contributed by atoms with Crippen molar-refractivity contribution >= 4 is 23.0 Å². The number of aryl methyl sites for hydroxylation is 2. The minimum Gasteiger partial charge on any atom is -0.362 e. The summed E-state index contributed by atoms with van der Waals surface area (Å²) in [6, 6.07) is 6.38. The zero-order chi connectivity index (χ0) is 17.6. The van der Waals surface area contributed by atoms with Crippen LogP contribution in [0.1, 0.15) is 82.3 Å². The topological polar surface area (TPSA) is 24.1 Å². The minimum absolute atomic E-state index is 0.734. The van der Waals surface area contributed by atoms with Gasteiger partial charge in [-0.1, -0.05) is 82.4 Å². The molecule has 2 nitrogen and oxygen atoms in total. The molecule has 0 aliphatic rings. The van der Waals surface area contributed by atoms with Crippen molar-refractivity contribution < 1.29 is 0 Å². The van der Waals surface area contributed by atoms with Crippen LogP contribution < -0.4 is 10.6 Å². The lowest BCUT2D eigenvalue weighted by molar-refractivity contribution is 0.555. The van der Waals surface area contributed by atoms with E-state index in [0.29, 0.717) is 0 Å². The summed E-state index contributed by atoms with van der Waals surface area (Å²) in [7, 11) is 0. The van der Waals surface area contributed by atoms with Gasteiger partial charge in [-0.05, 0) is 44.1 Å². The third kappa shape index (κ3) is 9.92. The number of nitrogens with one attached hydrogen (secondary N) is 2. The van der Waals surface area contributed by atoms with Crippen LogP contribution in [0.15, 0.2) is 18.2 Å². The molecule has 0 unspecified atom stereocenters. The molecule has 1 aromatic rings. The number of hydrogen-bond donors (Lipinski definition) is 2. The molecule has 0 aliphatic carbocycles. The molecule has 0 spiro atoms. The summed E-state index contributed by atoms with van der Waals surface area (Å²) in [4.78, 5) is 0. The Morgan fingerprint density at radius 3 is 2.04 bits per heavy atom. The average Bonchev–Trinajstić information content (AvgIpc) is 2.55. The summed E-state index contributed by atoms with van der Waals surface area (Å²) >= 11 is 5.38. The van der Waals surface area contributed by atoms with E-state index in [1.807, 2.05) is 0 Å². The Bertz CT molecular complexity index is 471. The quantitative estimate of drug-likeness (QED) is 0.332. The molecule has 0 aliphatic heterocycles. The molecule has 24 heavy (non-hydrogen) atoms. The third-order valence-electron chi connectivity index (χ3n) is 4.45. The number of thiocarbonyl (C=S) groups is 1. The van der Waals surface area contributed by atoms with Crippen molar-refractivity contribution in [3.63, 3.8) is 0 Å². The van der Waals surface area contributed by atoms with E-state index in [9.17, 15) is 0 Å². The van der Waals surface area contributed by atoms with Crippen LogP contribution in [0.5, 0.6) is 0 Å². The molecule has 1 rings (SSSR count). The van der Waals surface area contributed by atoms with Gasteiger partial charge in [-0.3, -0.25) is 0 Å². The maximum atomic E-state index is 5.38. The predicted molar refractivity (Wildman–Crippen MR) is 112 cm³/mol. The van der Waals surface area contributed by atoms with E-state index in [-0.39, 0.29) is 0 Å². The van der Waals surface area contributed by atoms with E-state index >= 15 is 0 Å². The van der Waals surface area contributed by atoms with Crippen LogP contribution in [0.4, 0.5) is 5.69 Å². The van der Waals surface area contributed by atoms with Crippen molar-refractivity contribution in [1.29, 1.82) is 0 Å². The Balaban J connectivity index is 1.98. The summed E-state index contributed by atoms with van der Waals surface area (Å²) < 4.78 is 0. The van der Waals surface area contributed by atoms with E-state index in [2.05, 4.69) is 49.6 Å². The fourth-order valence-corrected chi connectivity index (χ4v) is 3.15. The van der Waals surface area contributed by atoms with Crippen molar-refractivity contribution in [1.82, 2.24) is 5.32 Å². The Hall–Kier alpha value is -1.09. The van der Waals surface area contributed by atoms with Gasteiger partial charge in [0, 0.05) is 12.2 Å². The number of benzene rings is 1. The van der Waals surface area contributed by atoms with E-state index in [4.69, 9.17) is 12.2 Å². The van der Waals surface area contributed by atoms with Gasteiger partial charge in [0.05, 0.1) is 0 Å². The van der Waals surface area contributed by atoms with E-state index in [1.54, 1.807) is 0 Å². The first-order chi connectivity index (χ1) is 11.6. The molecular formula is C21H36N2S.